The van der Waals surface area contributed by atoms with Gasteiger partial charge in [-0.15, -0.1) is 0 Å². The number of nitrogens with one attached hydrogen (secondary N) is 1. The molecule has 0 saturated heterocycles. The van der Waals surface area contributed by atoms with Gasteiger partial charge in [0, 0.05) is 24.4 Å². The van der Waals surface area contributed by atoms with Crippen LogP contribution in [0, 0.1) is 6.92 Å². The second kappa shape index (κ2) is 4.78. The second-order valence-electron chi connectivity index (χ2n) is 3.96. The van der Waals surface area contributed by atoms with E-state index in [1.54, 1.807) is 12.3 Å². The van der Waals surface area contributed by atoms with Crippen LogP contribution in [0.2, 0.25) is 0 Å². The number of aromatic nitrogens is 1. The van der Waals surface area contributed by atoms with Gasteiger partial charge in [-0.25, -0.2) is 4.98 Å². The normalized spacial score (nSPS) is 15.9. The molecule has 1 aromatic heterocycles. The summed E-state index contributed by atoms with van der Waals surface area (Å²) >= 11 is 3.45. The zero-order valence-electron chi connectivity index (χ0n) is 9.09. The molecule has 1 aromatic rings. The highest BCUT2D eigenvalue weighted by atomic mass is 79.9. The summed E-state index contributed by atoms with van der Waals surface area (Å²) in [7, 11) is 0. The Kier molecular flexibility index (Phi) is 3.39. The van der Waals surface area contributed by atoms with Crippen LogP contribution in [-0.2, 0) is 4.79 Å². The van der Waals surface area contributed by atoms with Crippen molar-refractivity contribution in [3.8, 4) is 0 Å². The van der Waals surface area contributed by atoms with Crippen LogP contribution in [0.3, 0.4) is 0 Å². The van der Waals surface area contributed by atoms with Gasteiger partial charge >= 0.3 is 0 Å². The van der Waals surface area contributed by atoms with E-state index in [0.29, 0.717) is 6.42 Å². The van der Waals surface area contributed by atoms with Crippen LogP contribution in [0.25, 0.3) is 0 Å². The number of carbonyl (C=O) groups is 1. The zero-order chi connectivity index (χ0) is 11.5. The average molecular weight is 281 g/mol. The minimum absolute atomic E-state index is 0.192. The molecule has 1 aliphatic carbocycles. The van der Waals surface area contributed by atoms with E-state index in [2.05, 4.69) is 26.2 Å². The highest BCUT2D eigenvalue weighted by molar-refractivity contribution is 9.10. The molecule has 2 rings (SSSR count). The number of carbonyl (C=O) groups excluding carboxylic acids is 1. The predicted molar refractivity (Wildman–Crippen MR) is 67.2 cm³/mol. The quantitative estimate of drug-likeness (QED) is 0.905. The van der Waals surface area contributed by atoms with E-state index in [9.17, 15) is 4.79 Å². The molecule has 1 heterocycles. The van der Waals surface area contributed by atoms with E-state index >= 15 is 0 Å². The first-order valence-corrected chi connectivity index (χ1v) is 6.07. The molecule has 4 heteroatoms. The first kappa shape index (κ1) is 11.3. The van der Waals surface area contributed by atoms with Gasteiger partial charge in [-0.3, -0.25) is 4.79 Å². The maximum Gasteiger partial charge on any atom is 0.157 e. The molecule has 0 spiro atoms. The van der Waals surface area contributed by atoms with Crippen molar-refractivity contribution in [2.45, 2.75) is 26.2 Å². The fourth-order valence-corrected chi connectivity index (χ4v) is 2.23. The molecule has 1 N–H and O–H groups in total. The van der Waals surface area contributed by atoms with Gasteiger partial charge in [0.15, 0.2) is 5.78 Å². The molecule has 0 amide bonds. The van der Waals surface area contributed by atoms with Crippen molar-refractivity contribution in [3.05, 3.63) is 34.1 Å². The first-order chi connectivity index (χ1) is 7.65. The summed E-state index contributed by atoms with van der Waals surface area (Å²) < 4.78 is 0.923. The van der Waals surface area contributed by atoms with E-state index in [1.807, 2.05) is 13.0 Å². The van der Waals surface area contributed by atoms with Gasteiger partial charge in [-0.1, -0.05) is 0 Å². The number of ketones is 1. The van der Waals surface area contributed by atoms with Crippen molar-refractivity contribution in [1.82, 2.24) is 4.98 Å². The zero-order valence-corrected chi connectivity index (χ0v) is 10.7. The van der Waals surface area contributed by atoms with Crippen molar-refractivity contribution in [3.63, 3.8) is 0 Å². The predicted octanol–water partition coefficient (Wildman–Crippen LogP) is 3.20. The van der Waals surface area contributed by atoms with Gasteiger partial charge in [0.05, 0.1) is 4.47 Å². The molecule has 16 heavy (non-hydrogen) atoms. The number of anilines is 1. The Hall–Kier alpha value is -1.16. The molecule has 0 aliphatic heterocycles. The monoisotopic (exact) mass is 280 g/mol. The number of halogens is 1. The van der Waals surface area contributed by atoms with Crippen LogP contribution >= 0.6 is 15.9 Å². The SMILES string of the molecule is Cc1cnc(NC2=CC(=O)CCC2)c(Br)c1. The average Bonchev–Trinajstić information content (AvgIpc) is 2.22. The van der Waals surface area contributed by atoms with Crippen LogP contribution in [0.4, 0.5) is 5.82 Å². The lowest BCUT2D eigenvalue weighted by Crippen LogP contribution is -2.10. The Morgan fingerprint density at radius 2 is 2.25 bits per heavy atom. The maximum absolute atomic E-state index is 11.3. The van der Waals surface area contributed by atoms with Gasteiger partial charge in [0.2, 0.25) is 0 Å². The van der Waals surface area contributed by atoms with Crippen LogP contribution in [0.15, 0.2) is 28.5 Å². The summed E-state index contributed by atoms with van der Waals surface area (Å²) in [5.41, 5.74) is 2.06. The third kappa shape index (κ3) is 2.70. The minimum atomic E-state index is 0.192. The van der Waals surface area contributed by atoms with Gasteiger partial charge in [-0.05, 0) is 47.3 Å². The van der Waals surface area contributed by atoms with E-state index in [4.69, 9.17) is 0 Å². The molecule has 0 aromatic carbocycles. The molecule has 0 unspecified atom stereocenters. The number of rotatable bonds is 2. The lowest BCUT2D eigenvalue weighted by Gasteiger charge is -2.14. The van der Waals surface area contributed by atoms with Crippen LogP contribution in [0.5, 0.6) is 0 Å². The lowest BCUT2D eigenvalue weighted by atomic mass is 10.0. The Balaban J connectivity index is 2.17. The molecule has 0 atom stereocenters. The topological polar surface area (TPSA) is 42.0 Å². The number of allylic oxidation sites excluding steroid dienone is 2. The number of pyridine rings is 1. The third-order valence-corrected chi connectivity index (χ3v) is 3.07. The number of nitrogens with zero attached hydrogens (tertiary/aromatic N) is 1. The van der Waals surface area contributed by atoms with Crippen molar-refractivity contribution in [2.24, 2.45) is 0 Å². The molecule has 84 valence electrons. The molecule has 0 bridgehead atoms. The highest BCUT2D eigenvalue weighted by Gasteiger charge is 2.11. The second-order valence-corrected chi connectivity index (χ2v) is 4.81. The number of hydrogen-bond acceptors (Lipinski definition) is 3. The molecule has 0 saturated carbocycles. The van der Waals surface area contributed by atoms with Crippen LogP contribution in [0.1, 0.15) is 24.8 Å². The lowest BCUT2D eigenvalue weighted by molar-refractivity contribution is -0.115. The van der Waals surface area contributed by atoms with Crippen LogP contribution in [-0.4, -0.2) is 10.8 Å². The van der Waals surface area contributed by atoms with Crippen molar-refractivity contribution >= 4 is 27.5 Å². The Labute approximate surface area is 103 Å². The van der Waals surface area contributed by atoms with Gasteiger partial charge in [-0.2, -0.15) is 0 Å². The summed E-state index contributed by atoms with van der Waals surface area (Å²) in [5.74, 6) is 0.962. The molecule has 3 nitrogen and oxygen atoms in total. The van der Waals surface area contributed by atoms with E-state index in [1.165, 1.54) is 0 Å². The third-order valence-electron chi connectivity index (χ3n) is 2.46. The molecular formula is C12H13BrN2O. The van der Waals surface area contributed by atoms with Gasteiger partial charge in [0.1, 0.15) is 5.82 Å². The molecule has 0 fully saturated rings. The van der Waals surface area contributed by atoms with Gasteiger partial charge in [0.25, 0.3) is 0 Å². The summed E-state index contributed by atoms with van der Waals surface area (Å²) in [5, 5.41) is 3.19. The highest BCUT2D eigenvalue weighted by Crippen LogP contribution is 2.24. The minimum Gasteiger partial charge on any atom is -0.343 e. The number of hydrogen-bond donors (Lipinski definition) is 1. The Morgan fingerprint density at radius 1 is 1.44 bits per heavy atom. The molecule has 0 radical (unpaired) electrons. The number of aryl methyl sites for hydroxylation is 1. The van der Waals surface area contributed by atoms with E-state index in [0.717, 1.165) is 34.4 Å². The fraction of sp³-hybridized carbons (Fsp3) is 0.333. The standard InChI is InChI=1S/C12H13BrN2O/c1-8-5-11(13)12(14-7-8)15-9-3-2-4-10(16)6-9/h5-7H,2-4H2,1H3,(H,14,15). The first-order valence-electron chi connectivity index (χ1n) is 5.28. The van der Waals surface area contributed by atoms with Crippen molar-refractivity contribution in [2.75, 3.05) is 5.32 Å². The van der Waals surface area contributed by atoms with Crippen molar-refractivity contribution in [1.29, 1.82) is 0 Å². The summed E-state index contributed by atoms with van der Waals surface area (Å²) in [6.45, 7) is 1.99. The van der Waals surface area contributed by atoms with Crippen LogP contribution < -0.4 is 5.32 Å². The largest absolute Gasteiger partial charge is 0.343 e. The fourth-order valence-electron chi connectivity index (χ4n) is 1.67. The molecule has 1 aliphatic rings. The van der Waals surface area contributed by atoms with E-state index < -0.39 is 0 Å². The summed E-state index contributed by atoms with van der Waals surface area (Å²) in [4.78, 5) is 15.5. The maximum atomic E-state index is 11.3. The Bertz CT molecular complexity index is 454. The smallest absolute Gasteiger partial charge is 0.157 e. The van der Waals surface area contributed by atoms with E-state index in [-0.39, 0.29) is 5.78 Å². The van der Waals surface area contributed by atoms with Crippen molar-refractivity contribution < 1.29 is 4.79 Å². The summed E-state index contributed by atoms with van der Waals surface area (Å²) in [6.07, 6.45) is 5.97. The molecular weight excluding hydrogens is 268 g/mol. The van der Waals surface area contributed by atoms with Gasteiger partial charge < -0.3 is 5.32 Å². The summed E-state index contributed by atoms with van der Waals surface area (Å²) in [6, 6.07) is 2.00. The Morgan fingerprint density at radius 3 is 2.94 bits per heavy atom.